The average molecular weight is 292 g/mol. The van der Waals surface area contributed by atoms with Crippen molar-refractivity contribution in [2.45, 2.75) is 32.6 Å². The highest BCUT2D eigenvalue weighted by Crippen LogP contribution is 2.33. The largest absolute Gasteiger partial charge is 0.252 e. The number of nitrogens with zero attached hydrogens (tertiary/aromatic N) is 1. The number of fused-ring (bicyclic) bond motifs is 1. The lowest BCUT2D eigenvalue weighted by molar-refractivity contribution is 0.741. The van der Waals surface area contributed by atoms with Gasteiger partial charge in [0.15, 0.2) is 0 Å². The summed E-state index contributed by atoms with van der Waals surface area (Å²) in [6.45, 7) is 2.05. The summed E-state index contributed by atoms with van der Waals surface area (Å²) in [5, 5.41) is 2.29. The van der Waals surface area contributed by atoms with Gasteiger partial charge in [0.1, 0.15) is 0 Å². The Kier molecular flexibility index (Phi) is 3.51. The minimum atomic E-state index is 0.633. The van der Waals surface area contributed by atoms with Crippen LogP contribution in [0.1, 0.15) is 36.9 Å². The van der Waals surface area contributed by atoms with Gasteiger partial charge in [0.2, 0.25) is 0 Å². The molecule has 2 aromatic rings. The summed E-state index contributed by atoms with van der Waals surface area (Å²) >= 11 is 12.3. The van der Waals surface area contributed by atoms with Gasteiger partial charge in [-0.25, -0.2) is 0 Å². The Bertz CT molecular complexity index is 674. The van der Waals surface area contributed by atoms with Gasteiger partial charge in [-0.2, -0.15) is 0 Å². The number of allylic oxidation sites excluding steroid dienone is 2. The Balaban J connectivity index is 2.21. The molecule has 0 bridgehead atoms. The Hall–Kier alpha value is -1.05. The van der Waals surface area contributed by atoms with Crippen LogP contribution in [0.25, 0.3) is 16.5 Å². The maximum Gasteiger partial charge on any atom is 0.0735 e. The fourth-order valence-electron chi connectivity index (χ4n) is 2.70. The molecule has 1 aromatic heterocycles. The molecule has 0 N–H and O–H groups in total. The number of rotatable bonds is 1. The van der Waals surface area contributed by atoms with Gasteiger partial charge in [0.25, 0.3) is 0 Å². The van der Waals surface area contributed by atoms with Crippen LogP contribution in [0, 0.1) is 6.92 Å². The molecule has 0 atom stereocenters. The van der Waals surface area contributed by atoms with Gasteiger partial charge >= 0.3 is 0 Å². The third-order valence-electron chi connectivity index (χ3n) is 3.68. The number of hydrogen-bond donors (Lipinski definition) is 0. The summed E-state index contributed by atoms with van der Waals surface area (Å²) in [6.07, 6.45) is 7.20. The summed E-state index contributed by atoms with van der Waals surface area (Å²) in [5.74, 6) is 0. The number of pyridine rings is 1. The van der Waals surface area contributed by atoms with Crippen LogP contribution in [-0.2, 0) is 0 Å². The molecule has 0 aliphatic heterocycles. The van der Waals surface area contributed by atoms with E-state index >= 15 is 0 Å². The van der Waals surface area contributed by atoms with E-state index in [1.165, 1.54) is 30.4 Å². The van der Waals surface area contributed by atoms with Gasteiger partial charge < -0.3 is 0 Å². The molecule has 3 heteroatoms. The summed E-state index contributed by atoms with van der Waals surface area (Å²) in [4.78, 5) is 4.66. The van der Waals surface area contributed by atoms with E-state index in [0.717, 1.165) is 23.0 Å². The first kappa shape index (κ1) is 13.0. The van der Waals surface area contributed by atoms with Gasteiger partial charge in [-0.15, -0.1) is 0 Å². The number of hydrogen-bond acceptors (Lipinski definition) is 1. The first-order valence-electron chi connectivity index (χ1n) is 6.61. The fraction of sp³-hybridized carbons (Fsp3) is 0.312. The molecule has 1 aliphatic carbocycles. The van der Waals surface area contributed by atoms with Crippen molar-refractivity contribution in [2.75, 3.05) is 0 Å². The van der Waals surface area contributed by atoms with E-state index in [4.69, 9.17) is 23.2 Å². The monoisotopic (exact) mass is 291 g/mol. The quantitative estimate of drug-likeness (QED) is 0.646. The fourth-order valence-corrected chi connectivity index (χ4v) is 3.24. The van der Waals surface area contributed by atoms with E-state index in [0.29, 0.717) is 10.0 Å². The number of aromatic nitrogens is 1. The van der Waals surface area contributed by atoms with E-state index in [1.807, 2.05) is 6.07 Å². The molecule has 0 spiro atoms. The van der Waals surface area contributed by atoms with Crippen LogP contribution in [0.15, 0.2) is 24.3 Å². The van der Waals surface area contributed by atoms with Crippen molar-refractivity contribution < 1.29 is 0 Å². The predicted molar refractivity (Wildman–Crippen MR) is 82.9 cm³/mol. The van der Waals surface area contributed by atoms with Crippen LogP contribution in [0.3, 0.4) is 0 Å². The molecule has 0 radical (unpaired) electrons. The second kappa shape index (κ2) is 5.15. The molecule has 1 aliphatic rings. The zero-order valence-corrected chi connectivity index (χ0v) is 12.4. The van der Waals surface area contributed by atoms with Crippen molar-refractivity contribution >= 4 is 39.7 Å². The van der Waals surface area contributed by atoms with E-state index in [9.17, 15) is 0 Å². The molecule has 0 saturated heterocycles. The van der Waals surface area contributed by atoms with E-state index in [2.05, 4.69) is 24.1 Å². The summed E-state index contributed by atoms with van der Waals surface area (Å²) < 4.78 is 0. The third kappa shape index (κ3) is 2.50. The zero-order valence-electron chi connectivity index (χ0n) is 10.8. The van der Waals surface area contributed by atoms with E-state index in [1.54, 1.807) is 6.07 Å². The molecule has 3 rings (SSSR count). The summed E-state index contributed by atoms with van der Waals surface area (Å²) in [5.41, 5.74) is 4.56. The Morgan fingerprint density at radius 2 is 1.95 bits per heavy atom. The number of halogens is 2. The highest BCUT2D eigenvalue weighted by atomic mass is 35.5. The van der Waals surface area contributed by atoms with Gasteiger partial charge in [-0.3, -0.25) is 4.98 Å². The predicted octanol–water partition coefficient (Wildman–Crippen LogP) is 5.81. The SMILES string of the molecule is Cc1nc2cc(Cl)cc(Cl)c2cc1C1=CCCCC1. The lowest BCUT2D eigenvalue weighted by atomic mass is 9.92. The Labute approximate surface area is 123 Å². The zero-order chi connectivity index (χ0) is 13.4. The molecular weight excluding hydrogens is 277 g/mol. The second-order valence-electron chi connectivity index (χ2n) is 5.05. The van der Waals surface area contributed by atoms with Crippen molar-refractivity contribution in [1.82, 2.24) is 4.98 Å². The Morgan fingerprint density at radius 3 is 2.68 bits per heavy atom. The van der Waals surface area contributed by atoms with Crippen molar-refractivity contribution in [3.05, 3.63) is 45.6 Å². The molecule has 98 valence electrons. The number of aryl methyl sites for hydroxylation is 1. The van der Waals surface area contributed by atoms with Crippen LogP contribution >= 0.6 is 23.2 Å². The Morgan fingerprint density at radius 1 is 1.11 bits per heavy atom. The molecule has 19 heavy (non-hydrogen) atoms. The van der Waals surface area contributed by atoms with E-state index in [-0.39, 0.29) is 0 Å². The first-order valence-corrected chi connectivity index (χ1v) is 7.36. The molecule has 0 unspecified atom stereocenters. The van der Waals surface area contributed by atoms with Crippen molar-refractivity contribution in [1.29, 1.82) is 0 Å². The van der Waals surface area contributed by atoms with Crippen LogP contribution < -0.4 is 0 Å². The lowest BCUT2D eigenvalue weighted by Crippen LogP contribution is -1.97. The molecule has 1 heterocycles. The van der Waals surface area contributed by atoms with Gasteiger partial charge in [0.05, 0.1) is 10.5 Å². The second-order valence-corrected chi connectivity index (χ2v) is 5.89. The van der Waals surface area contributed by atoms with Crippen LogP contribution in [-0.4, -0.2) is 4.98 Å². The van der Waals surface area contributed by atoms with Crippen molar-refractivity contribution in [3.63, 3.8) is 0 Å². The summed E-state index contributed by atoms with van der Waals surface area (Å²) in [7, 11) is 0. The highest BCUT2D eigenvalue weighted by Gasteiger charge is 2.12. The first-order chi connectivity index (χ1) is 9.15. The smallest absolute Gasteiger partial charge is 0.0735 e. The molecule has 0 saturated carbocycles. The van der Waals surface area contributed by atoms with E-state index < -0.39 is 0 Å². The highest BCUT2D eigenvalue weighted by molar-refractivity contribution is 6.38. The van der Waals surface area contributed by atoms with Crippen LogP contribution in [0.4, 0.5) is 0 Å². The maximum atomic E-state index is 6.28. The van der Waals surface area contributed by atoms with Crippen LogP contribution in [0.5, 0.6) is 0 Å². The van der Waals surface area contributed by atoms with Gasteiger partial charge in [-0.05, 0) is 61.9 Å². The van der Waals surface area contributed by atoms with Gasteiger partial charge in [0, 0.05) is 16.1 Å². The standard InChI is InChI=1S/C16H15Cl2N/c1-10-13(11-5-3-2-4-6-11)9-14-15(18)7-12(17)8-16(14)19-10/h5,7-9H,2-4,6H2,1H3. The minimum absolute atomic E-state index is 0.633. The molecular formula is C16H15Cl2N. The molecule has 1 aromatic carbocycles. The minimum Gasteiger partial charge on any atom is -0.252 e. The number of benzene rings is 1. The topological polar surface area (TPSA) is 12.9 Å². The van der Waals surface area contributed by atoms with Crippen molar-refractivity contribution in [3.8, 4) is 0 Å². The average Bonchev–Trinajstić information content (AvgIpc) is 2.38. The third-order valence-corrected chi connectivity index (χ3v) is 4.21. The normalized spacial score (nSPS) is 15.6. The molecule has 0 amide bonds. The summed E-state index contributed by atoms with van der Waals surface area (Å²) in [6, 6.07) is 5.81. The molecule has 1 nitrogen and oxygen atoms in total. The van der Waals surface area contributed by atoms with Crippen LogP contribution in [0.2, 0.25) is 10.0 Å². The van der Waals surface area contributed by atoms with Crippen molar-refractivity contribution in [2.24, 2.45) is 0 Å². The van der Waals surface area contributed by atoms with Gasteiger partial charge in [-0.1, -0.05) is 29.3 Å². The molecule has 0 fully saturated rings. The maximum absolute atomic E-state index is 6.28. The lowest BCUT2D eigenvalue weighted by Gasteiger charge is -2.16.